The van der Waals surface area contributed by atoms with Crippen LogP contribution in [0.25, 0.3) is 0 Å². The summed E-state index contributed by atoms with van der Waals surface area (Å²) >= 11 is 0. The van der Waals surface area contributed by atoms with Crippen LogP contribution in [0, 0.1) is 0 Å². The SMILES string of the molecule is CNc1nc(Nc2ccccc2)cc(Nc2ccccc2)n1. The van der Waals surface area contributed by atoms with Crippen LogP contribution in [0.1, 0.15) is 0 Å². The van der Waals surface area contributed by atoms with E-state index in [4.69, 9.17) is 0 Å². The van der Waals surface area contributed by atoms with E-state index in [0.29, 0.717) is 5.95 Å². The average Bonchev–Trinajstić information content (AvgIpc) is 2.56. The number of hydrogen-bond donors (Lipinski definition) is 3. The van der Waals surface area contributed by atoms with E-state index in [2.05, 4.69) is 25.9 Å². The highest BCUT2D eigenvalue weighted by Gasteiger charge is 2.04. The van der Waals surface area contributed by atoms with Crippen molar-refractivity contribution in [2.45, 2.75) is 0 Å². The largest absolute Gasteiger partial charge is 0.357 e. The number of nitrogens with zero attached hydrogens (tertiary/aromatic N) is 2. The minimum absolute atomic E-state index is 0.555. The number of hydrogen-bond acceptors (Lipinski definition) is 5. The molecule has 0 aliphatic heterocycles. The molecule has 3 rings (SSSR count). The lowest BCUT2D eigenvalue weighted by atomic mass is 10.3. The fourth-order valence-corrected chi connectivity index (χ4v) is 2.03. The van der Waals surface area contributed by atoms with Gasteiger partial charge in [-0.15, -0.1) is 0 Å². The van der Waals surface area contributed by atoms with Crippen LogP contribution in [0.5, 0.6) is 0 Å². The normalized spacial score (nSPS) is 10.0. The molecule has 110 valence electrons. The number of nitrogens with one attached hydrogen (secondary N) is 3. The van der Waals surface area contributed by atoms with Crippen molar-refractivity contribution in [3.8, 4) is 0 Å². The molecule has 5 heteroatoms. The van der Waals surface area contributed by atoms with Gasteiger partial charge in [0, 0.05) is 24.5 Å². The van der Waals surface area contributed by atoms with E-state index in [1.165, 1.54) is 0 Å². The van der Waals surface area contributed by atoms with Crippen molar-refractivity contribution < 1.29 is 0 Å². The van der Waals surface area contributed by atoms with E-state index in [1.54, 1.807) is 7.05 Å². The van der Waals surface area contributed by atoms with Crippen molar-refractivity contribution in [1.29, 1.82) is 0 Å². The lowest BCUT2D eigenvalue weighted by Gasteiger charge is -2.11. The summed E-state index contributed by atoms with van der Waals surface area (Å²) in [4.78, 5) is 8.83. The zero-order valence-corrected chi connectivity index (χ0v) is 12.2. The molecule has 0 atom stereocenters. The first kappa shape index (κ1) is 13.9. The van der Waals surface area contributed by atoms with Gasteiger partial charge in [0.05, 0.1) is 0 Å². The van der Waals surface area contributed by atoms with E-state index in [1.807, 2.05) is 66.7 Å². The summed E-state index contributed by atoms with van der Waals surface area (Å²) in [6.07, 6.45) is 0. The van der Waals surface area contributed by atoms with Gasteiger partial charge in [-0.1, -0.05) is 36.4 Å². The van der Waals surface area contributed by atoms with Gasteiger partial charge in [0.2, 0.25) is 5.95 Å². The molecular weight excluding hydrogens is 274 g/mol. The Balaban J connectivity index is 1.86. The maximum Gasteiger partial charge on any atom is 0.226 e. The van der Waals surface area contributed by atoms with Gasteiger partial charge in [0.25, 0.3) is 0 Å². The summed E-state index contributed by atoms with van der Waals surface area (Å²) in [5, 5.41) is 9.52. The quantitative estimate of drug-likeness (QED) is 0.663. The van der Waals surface area contributed by atoms with E-state index in [0.717, 1.165) is 23.0 Å². The highest BCUT2D eigenvalue weighted by atomic mass is 15.2. The van der Waals surface area contributed by atoms with Gasteiger partial charge in [-0.25, -0.2) is 0 Å². The van der Waals surface area contributed by atoms with Gasteiger partial charge >= 0.3 is 0 Å². The van der Waals surface area contributed by atoms with Crippen molar-refractivity contribution in [2.24, 2.45) is 0 Å². The van der Waals surface area contributed by atoms with Crippen LogP contribution in [0.3, 0.4) is 0 Å². The second-order valence-corrected chi connectivity index (χ2v) is 4.69. The molecule has 1 heterocycles. The lowest BCUT2D eigenvalue weighted by Crippen LogP contribution is -2.03. The number of anilines is 5. The standard InChI is InChI=1S/C17H17N5/c1-18-17-21-15(19-13-8-4-2-5-9-13)12-16(22-17)20-14-10-6-3-7-11-14/h2-12H,1H3,(H3,18,19,20,21,22). The highest BCUT2D eigenvalue weighted by molar-refractivity contribution is 5.64. The molecule has 3 aromatic rings. The Labute approximate surface area is 129 Å². The van der Waals surface area contributed by atoms with Crippen LogP contribution in [-0.2, 0) is 0 Å². The summed E-state index contributed by atoms with van der Waals surface area (Å²) in [6.45, 7) is 0. The number of rotatable bonds is 5. The van der Waals surface area contributed by atoms with Crippen LogP contribution in [0.4, 0.5) is 29.0 Å². The third-order valence-corrected chi connectivity index (χ3v) is 3.04. The highest BCUT2D eigenvalue weighted by Crippen LogP contribution is 2.21. The topological polar surface area (TPSA) is 61.9 Å². The predicted molar refractivity (Wildman–Crippen MR) is 91.0 cm³/mol. The molecular formula is C17H17N5. The summed E-state index contributed by atoms with van der Waals surface area (Å²) in [5.74, 6) is 2.01. The monoisotopic (exact) mass is 291 g/mol. The summed E-state index contributed by atoms with van der Waals surface area (Å²) < 4.78 is 0. The fraction of sp³-hybridized carbons (Fsp3) is 0.0588. The molecule has 0 unspecified atom stereocenters. The molecule has 1 aromatic heterocycles. The summed E-state index contributed by atoms with van der Waals surface area (Å²) in [5.41, 5.74) is 1.96. The second kappa shape index (κ2) is 6.58. The Hall–Kier alpha value is -3.08. The second-order valence-electron chi connectivity index (χ2n) is 4.69. The number of aromatic nitrogens is 2. The first-order valence-electron chi connectivity index (χ1n) is 7.04. The van der Waals surface area contributed by atoms with Crippen LogP contribution >= 0.6 is 0 Å². The molecule has 0 spiro atoms. The zero-order chi connectivity index (χ0) is 15.2. The van der Waals surface area contributed by atoms with Gasteiger partial charge in [-0.05, 0) is 24.3 Å². The average molecular weight is 291 g/mol. The lowest BCUT2D eigenvalue weighted by molar-refractivity contribution is 1.15. The number of benzene rings is 2. The molecule has 0 aliphatic rings. The van der Waals surface area contributed by atoms with Gasteiger partial charge in [-0.2, -0.15) is 9.97 Å². The molecule has 3 N–H and O–H groups in total. The molecule has 0 radical (unpaired) electrons. The Kier molecular flexibility index (Phi) is 4.15. The molecule has 0 bridgehead atoms. The van der Waals surface area contributed by atoms with Gasteiger partial charge in [0.1, 0.15) is 11.6 Å². The Bertz CT molecular complexity index is 669. The zero-order valence-electron chi connectivity index (χ0n) is 12.2. The van der Waals surface area contributed by atoms with E-state index < -0.39 is 0 Å². The minimum Gasteiger partial charge on any atom is -0.357 e. The maximum atomic E-state index is 4.42. The minimum atomic E-state index is 0.555. The van der Waals surface area contributed by atoms with Crippen LogP contribution in [-0.4, -0.2) is 17.0 Å². The number of para-hydroxylation sites is 2. The van der Waals surface area contributed by atoms with Crippen molar-refractivity contribution >= 4 is 29.0 Å². The first-order valence-corrected chi connectivity index (χ1v) is 7.04. The Morgan fingerprint density at radius 2 is 1.14 bits per heavy atom. The van der Waals surface area contributed by atoms with Crippen LogP contribution < -0.4 is 16.0 Å². The van der Waals surface area contributed by atoms with Crippen molar-refractivity contribution in [3.63, 3.8) is 0 Å². The van der Waals surface area contributed by atoms with Gasteiger partial charge in [-0.3, -0.25) is 0 Å². The van der Waals surface area contributed by atoms with E-state index in [9.17, 15) is 0 Å². The molecule has 0 amide bonds. The molecule has 0 aliphatic carbocycles. The predicted octanol–water partition coefficient (Wildman–Crippen LogP) is 4.01. The molecule has 0 fully saturated rings. The summed E-state index contributed by atoms with van der Waals surface area (Å²) in [7, 11) is 1.80. The molecule has 0 saturated heterocycles. The molecule has 5 nitrogen and oxygen atoms in total. The van der Waals surface area contributed by atoms with Crippen molar-refractivity contribution in [2.75, 3.05) is 23.0 Å². The third-order valence-electron chi connectivity index (χ3n) is 3.04. The maximum absolute atomic E-state index is 4.42. The third kappa shape index (κ3) is 3.52. The smallest absolute Gasteiger partial charge is 0.226 e. The van der Waals surface area contributed by atoms with Crippen LogP contribution in [0.2, 0.25) is 0 Å². The molecule has 2 aromatic carbocycles. The summed E-state index contributed by atoms with van der Waals surface area (Å²) in [6, 6.07) is 21.7. The first-order chi connectivity index (χ1) is 10.8. The van der Waals surface area contributed by atoms with E-state index in [-0.39, 0.29) is 0 Å². The van der Waals surface area contributed by atoms with Crippen LogP contribution in [0.15, 0.2) is 66.7 Å². The Morgan fingerprint density at radius 1 is 0.682 bits per heavy atom. The molecule has 0 saturated carbocycles. The molecule has 22 heavy (non-hydrogen) atoms. The van der Waals surface area contributed by atoms with Gasteiger partial charge < -0.3 is 16.0 Å². The van der Waals surface area contributed by atoms with E-state index >= 15 is 0 Å². The Morgan fingerprint density at radius 3 is 1.55 bits per heavy atom. The van der Waals surface area contributed by atoms with Crippen molar-refractivity contribution in [3.05, 3.63) is 66.7 Å². The van der Waals surface area contributed by atoms with Crippen molar-refractivity contribution in [1.82, 2.24) is 9.97 Å². The fourth-order valence-electron chi connectivity index (χ4n) is 2.03. The van der Waals surface area contributed by atoms with Gasteiger partial charge in [0.15, 0.2) is 0 Å².